The van der Waals surface area contributed by atoms with Crippen LogP contribution in [-0.4, -0.2) is 11.9 Å². The lowest BCUT2D eigenvalue weighted by Crippen LogP contribution is -2.10. The number of carbonyl (C=O) groups is 2. The van der Waals surface area contributed by atoms with Crippen LogP contribution in [0.3, 0.4) is 0 Å². The van der Waals surface area contributed by atoms with E-state index in [1.807, 2.05) is 6.92 Å². The molecule has 0 unspecified atom stereocenters. The van der Waals surface area contributed by atoms with Gasteiger partial charge in [-0.15, -0.1) is 0 Å². The Bertz CT molecular complexity index is 384. The quantitative estimate of drug-likeness (QED) is 0.630. The Morgan fingerprint density at radius 1 is 1.18 bits per heavy atom. The topological polar surface area (TPSA) is 55.4 Å². The summed E-state index contributed by atoms with van der Waals surface area (Å²) in [4.78, 5) is 22.4. The summed E-state index contributed by atoms with van der Waals surface area (Å²) in [6.45, 7) is 3.69. The summed E-state index contributed by atoms with van der Waals surface area (Å²) < 4.78 is 5.02. The van der Waals surface area contributed by atoms with Crippen molar-refractivity contribution < 1.29 is 14.3 Å². The molecular weight excluding hydrogens is 218 g/mol. The lowest BCUT2D eigenvalue weighted by molar-refractivity contribution is -0.134. The lowest BCUT2D eigenvalue weighted by Gasteiger charge is -2.06. The van der Waals surface area contributed by atoms with Crippen molar-refractivity contribution in [3.8, 4) is 5.75 Å². The molecule has 0 aliphatic carbocycles. The Hall–Kier alpha value is -1.84. The van der Waals surface area contributed by atoms with Crippen molar-refractivity contribution in [2.24, 2.45) is 0 Å². The average Bonchev–Trinajstić information content (AvgIpc) is 2.32. The van der Waals surface area contributed by atoms with E-state index in [-0.39, 0.29) is 11.9 Å². The molecule has 1 N–H and O–H groups in total. The van der Waals surface area contributed by atoms with Gasteiger partial charge in [0.2, 0.25) is 5.91 Å². The molecule has 1 aromatic rings. The van der Waals surface area contributed by atoms with Crippen LogP contribution in [0.5, 0.6) is 5.75 Å². The monoisotopic (exact) mass is 235 g/mol. The number of nitrogens with one attached hydrogen (secondary N) is 1. The van der Waals surface area contributed by atoms with Crippen LogP contribution in [0.1, 0.15) is 33.1 Å². The third-order valence-corrected chi connectivity index (χ3v) is 2.14. The van der Waals surface area contributed by atoms with Gasteiger partial charge in [-0.2, -0.15) is 0 Å². The molecule has 0 aromatic heterocycles. The first-order valence-corrected chi connectivity index (χ1v) is 5.76. The molecule has 0 atom stereocenters. The van der Waals surface area contributed by atoms with E-state index in [1.54, 1.807) is 31.2 Å². The summed E-state index contributed by atoms with van der Waals surface area (Å²) >= 11 is 0. The molecule has 0 spiro atoms. The number of esters is 1. The lowest BCUT2D eigenvalue weighted by atomic mass is 10.2. The van der Waals surface area contributed by atoms with E-state index in [2.05, 4.69) is 5.32 Å². The van der Waals surface area contributed by atoms with Crippen LogP contribution in [0.25, 0.3) is 0 Å². The van der Waals surface area contributed by atoms with Gasteiger partial charge in [-0.25, -0.2) is 0 Å². The minimum Gasteiger partial charge on any atom is -0.427 e. The molecule has 0 aliphatic rings. The highest BCUT2D eigenvalue weighted by molar-refractivity contribution is 5.90. The SMILES string of the molecule is CCCC(=O)Nc1ccc(OC(=O)CC)cc1. The van der Waals surface area contributed by atoms with E-state index in [0.717, 1.165) is 6.42 Å². The molecule has 17 heavy (non-hydrogen) atoms. The fraction of sp³-hybridized carbons (Fsp3) is 0.385. The van der Waals surface area contributed by atoms with Crippen molar-refractivity contribution in [1.82, 2.24) is 0 Å². The maximum Gasteiger partial charge on any atom is 0.310 e. The average molecular weight is 235 g/mol. The van der Waals surface area contributed by atoms with Crippen molar-refractivity contribution in [2.45, 2.75) is 33.1 Å². The Morgan fingerprint density at radius 3 is 2.35 bits per heavy atom. The van der Waals surface area contributed by atoms with E-state index >= 15 is 0 Å². The maximum atomic E-state index is 11.3. The van der Waals surface area contributed by atoms with Crippen LogP contribution in [0, 0.1) is 0 Å². The third kappa shape index (κ3) is 4.68. The Balaban J connectivity index is 2.55. The zero-order chi connectivity index (χ0) is 12.7. The summed E-state index contributed by atoms with van der Waals surface area (Å²) in [5, 5.41) is 2.76. The molecular formula is C13H17NO3. The molecule has 4 nitrogen and oxygen atoms in total. The summed E-state index contributed by atoms with van der Waals surface area (Å²) in [6, 6.07) is 6.75. The summed E-state index contributed by atoms with van der Waals surface area (Å²) in [7, 11) is 0. The number of amides is 1. The largest absolute Gasteiger partial charge is 0.427 e. The molecule has 1 aromatic carbocycles. The molecule has 0 saturated carbocycles. The van der Waals surface area contributed by atoms with Gasteiger partial charge in [0.05, 0.1) is 0 Å². The predicted molar refractivity (Wildman–Crippen MR) is 65.9 cm³/mol. The number of benzene rings is 1. The van der Waals surface area contributed by atoms with E-state index in [9.17, 15) is 9.59 Å². The Kier molecular flexibility index (Phi) is 5.20. The number of hydrogen-bond acceptors (Lipinski definition) is 3. The predicted octanol–water partition coefficient (Wildman–Crippen LogP) is 2.74. The maximum absolute atomic E-state index is 11.3. The van der Waals surface area contributed by atoms with Gasteiger partial charge < -0.3 is 10.1 Å². The molecule has 0 radical (unpaired) electrons. The Morgan fingerprint density at radius 2 is 1.82 bits per heavy atom. The molecule has 4 heteroatoms. The number of anilines is 1. The molecule has 0 saturated heterocycles. The van der Waals surface area contributed by atoms with Crippen molar-refractivity contribution in [3.63, 3.8) is 0 Å². The van der Waals surface area contributed by atoms with Gasteiger partial charge in [0.15, 0.2) is 0 Å². The highest BCUT2D eigenvalue weighted by atomic mass is 16.5. The molecule has 1 amide bonds. The van der Waals surface area contributed by atoms with Crippen molar-refractivity contribution in [2.75, 3.05) is 5.32 Å². The van der Waals surface area contributed by atoms with Crippen LogP contribution in [0.15, 0.2) is 24.3 Å². The molecule has 0 aliphatic heterocycles. The van der Waals surface area contributed by atoms with E-state index in [4.69, 9.17) is 4.74 Å². The van der Waals surface area contributed by atoms with Gasteiger partial charge in [-0.3, -0.25) is 9.59 Å². The van der Waals surface area contributed by atoms with Gasteiger partial charge in [0.1, 0.15) is 5.75 Å². The van der Waals surface area contributed by atoms with Crippen molar-refractivity contribution in [3.05, 3.63) is 24.3 Å². The fourth-order valence-corrected chi connectivity index (χ4v) is 1.26. The zero-order valence-electron chi connectivity index (χ0n) is 10.2. The first-order valence-electron chi connectivity index (χ1n) is 5.76. The third-order valence-electron chi connectivity index (χ3n) is 2.14. The molecule has 1 rings (SSSR count). The normalized spacial score (nSPS) is 9.76. The van der Waals surface area contributed by atoms with Crippen LogP contribution in [0.2, 0.25) is 0 Å². The highest BCUT2D eigenvalue weighted by Crippen LogP contribution is 2.16. The van der Waals surface area contributed by atoms with Crippen LogP contribution in [0.4, 0.5) is 5.69 Å². The van der Waals surface area contributed by atoms with Crippen LogP contribution in [-0.2, 0) is 9.59 Å². The van der Waals surface area contributed by atoms with E-state index in [1.165, 1.54) is 0 Å². The number of ether oxygens (including phenoxy) is 1. The zero-order valence-corrected chi connectivity index (χ0v) is 10.2. The minimum absolute atomic E-state index is 0.00852. The smallest absolute Gasteiger partial charge is 0.310 e. The number of hydrogen-bond donors (Lipinski definition) is 1. The van der Waals surface area contributed by atoms with Gasteiger partial charge in [0, 0.05) is 18.5 Å². The summed E-state index contributed by atoms with van der Waals surface area (Å²) in [5.41, 5.74) is 0.708. The van der Waals surface area contributed by atoms with E-state index < -0.39 is 0 Å². The molecule has 0 bridgehead atoms. The van der Waals surface area contributed by atoms with Gasteiger partial charge in [-0.1, -0.05) is 13.8 Å². The number of rotatable bonds is 5. The van der Waals surface area contributed by atoms with Crippen molar-refractivity contribution >= 4 is 17.6 Å². The van der Waals surface area contributed by atoms with Crippen LogP contribution >= 0.6 is 0 Å². The summed E-state index contributed by atoms with van der Waals surface area (Å²) in [6.07, 6.45) is 1.67. The second-order valence-electron chi connectivity index (χ2n) is 3.65. The van der Waals surface area contributed by atoms with Gasteiger partial charge in [-0.05, 0) is 30.7 Å². The second kappa shape index (κ2) is 6.68. The summed E-state index contributed by atoms with van der Waals surface area (Å²) in [5.74, 6) is 0.212. The minimum atomic E-state index is -0.271. The Labute approximate surface area is 101 Å². The molecule has 0 fully saturated rings. The highest BCUT2D eigenvalue weighted by Gasteiger charge is 2.03. The first kappa shape index (κ1) is 13.2. The molecule has 92 valence electrons. The van der Waals surface area contributed by atoms with E-state index in [0.29, 0.717) is 24.3 Å². The van der Waals surface area contributed by atoms with Crippen LogP contribution < -0.4 is 10.1 Å². The second-order valence-corrected chi connectivity index (χ2v) is 3.65. The first-order chi connectivity index (χ1) is 8.15. The van der Waals surface area contributed by atoms with Gasteiger partial charge >= 0.3 is 5.97 Å². The number of carbonyl (C=O) groups excluding carboxylic acids is 2. The standard InChI is InChI=1S/C13H17NO3/c1-3-5-12(15)14-10-6-8-11(9-7-10)17-13(16)4-2/h6-9H,3-5H2,1-2H3,(H,14,15). The molecule has 0 heterocycles. The van der Waals surface area contributed by atoms with Crippen molar-refractivity contribution in [1.29, 1.82) is 0 Å². The van der Waals surface area contributed by atoms with Gasteiger partial charge in [0.25, 0.3) is 0 Å². The fourth-order valence-electron chi connectivity index (χ4n) is 1.26.